The van der Waals surface area contributed by atoms with E-state index in [1.54, 1.807) is 12.4 Å². The Morgan fingerprint density at radius 2 is 2.25 bits per heavy atom. The molecule has 0 aliphatic rings. The SMILES string of the molecule is NC(Cc1cccc2cnccc12)C(=O)O. The van der Waals surface area contributed by atoms with Crippen molar-refractivity contribution in [3.8, 4) is 0 Å². The molecule has 0 radical (unpaired) electrons. The van der Waals surface area contributed by atoms with Crippen LogP contribution in [0.25, 0.3) is 10.8 Å². The predicted octanol–water partition coefficient (Wildman–Crippen LogP) is 1.19. The molecule has 1 heterocycles. The molecular formula is C12H12N2O2. The number of carbonyl (C=O) groups is 1. The molecule has 1 aromatic carbocycles. The summed E-state index contributed by atoms with van der Waals surface area (Å²) < 4.78 is 0. The highest BCUT2D eigenvalue weighted by atomic mass is 16.4. The fourth-order valence-electron chi connectivity index (χ4n) is 1.69. The van der Waals surface area contributed by atoms with Crippen LogP contribution in [0.3, 0.4) is 0 Å². The van der Waals surface area contributed by atoms with Gasteiger partial charge in [-0.15, -0.1) is 0 Å². The Morgan fingerprint density at radius 3 is 3.00 bits per heavy atom. The van der Waals surface area contributed by atoms with Gasteiger partial charge in [-0.3, -0.25) is 9.78 Å². The van der Waals surface area contributed by atoms with Crippen molar-refractivity contribution in [3.63, 3.8) is 0 Å². The molecule has 82 valence electrons. The van der Waals surface area contributed by atoms with Gasteiger partial charge < -0.3 is 10.8 Å². The fourth-order valence-corrected chi connectivity index (χ4v) is 1.69. The van der Waals surface area contributed by atoms with Crippen molar-refractivity contribution in [2.75, 3.05) is 0 Å². The first-order chi connectivity index (χ1) is 7.68. The van der Waals surface area contributed by atoms with Crippen molar-refractivity contribution in [2.45, 2.75) is 12.5 Å². The van der Waals surface area contributed by atoms with E-state index in [4.69, 9.17) is 10.8 Å². The fraction of sp³-hybridized carbons (Fsp3) is 0.167. The van der Waals surface area contributed by atoms with Gasteiger partial charge in [-0.2, -0.15) is 0 Å². The molecule has 0 fully saturated rings. The number of aliphatic carboxylic acids is 1. The summed E-state index contributed by atoms with van der Waals surface area (Å²) in [4.78, 5) is 14.7. The highest BCUT2D eigenvalue weighted by Crippen LogP contribution is 2.18. The highest BCUT2D eigenvalue weighted by Gasteiger charge is 2.13. The van der Waals surface area contributed by atoms with Crippen molar-refractivity contribution in [1.82, 2.24) is 4.98 Å². The molecule has 0 aliphatic heterocycles. The van der Waals surface area contributed by atoms with Crippen LogP contribution in [0.15, 0.2) is 36.7 Å². The van der Waals surface area contributed by atoms with Crippen LogP contribution in [-0.2, 0) is 11.2 Å². The predicted molar refractivity (Wildman–Crippen MR) is 61.1 cm³/mol. The minimum Gasteiger partial charge on any atom is -0.480 e. The summed E-state index contributed by atoms with van der Waals surface area (Å²) in [7, 11) is 0. The lowest BCUT2D eigenvalue weighted by molar-refractivity contribution is -0.138. The maximum Gasteiger partial charge on any atom is 0.320 e. The lowest BCUT2D eigenvalue weighted by Gasteiger charge is -2.09. The van der Waals surface area contributed by atoms with E-state index in [0.29, 0.717) is 6.42 Å². The largest absolute Gasteiger partial charge is 0.480 e. The monoisotopic (exact) mass is 216 g/mol. The van der Waals surface area contributed by atoms with Gasteiger partial charge in [-0.05, 0) is 23.4 Å². The van der Waals surface area contributed by atoms with E-state index in [0.717, 1.165) is 16.3 Å². The number of benzene rings is 1. The van der Waals surface area contributed by atoms with Crippen LogP contribution in [-0.4, -0.2) is 22.1 Å². The highest BCUT2D eigenvalue weighted by molar-refractivity contribution is 5.85. The molecule has 16 heavy (non-hydrogen) atoms. The molecule has 0 amide bonds. The van der Waals surface area contributed by atoms with Gasteiger partial charge in [0.1, 0.15) is 6.04 Å². The van der Waals surface area contributed by atoms with Gasteiger partial charge in [0.2, 0.25) is 0 Å². The first-order valence-corrected chi connectivity index (χ1v) is 4.98. The Hall–Kier alpha value is -1.94. The first-order valence-electron chi connectivity index (χ1n) is 4.98. The Labute approximate surface area is 92.7 Å². The second kappa shape index (κ2) is 4.28. The Bertz CT molecular complexity index is 520. The number of carboxylic acids is 1. The molecule has 3 N–H and O–H groups in total. The van der Waals surface area contributed by atoms with Crippen molar-refractivity contribution in [3.05, 3.63) is 42.2 Å². The summed E-state index contributed by atoms with van der Waals surface area (Å²) >= 11 is 0. The number of pyridine rings is 1. The van der Waals surface area contributed by atoms with Crippen molar-refractivity contribution < 1.29 is 9.90 Å². The molecule has 4 heteroatoms. The molecule has 0 bridgehead atoms. The van der Waals surface area contributed by atoms with E-state index in [-0.39, 0.29) is 0 Å². The zero-order valence-corrected chi connectivity index (χ0v) is 8.63. The summed E-state index contributed by atoms with van der Waals surface area (Å²) in [6.07, 6.45) is 3.78. The number of aromatic nitrogens is 1. The topological polar surface area (TPSA) is 76.2 Å². The first kappa shape index (κ1) is 10.6. The van der Waals surface area contributed by atoms with Crippen molar-refractivity contribution >= 4 is 16.7 Å². The molecule has 2 aromatic rings. The van der Waals surface area contributed by atoms with E-state index < -0.39 is 12.0 Å². The van der Waals surface area contributed by atoms with Gasteiger partial charge in [-0.25, -0.2) is 0 Å². The Kier molecular flexibility index (Phi) is 2.83. The van der Waals surface area contributed by atoms with Crippen LogP contribution in [0.5, 0.6) is 0 Å². The van der Waals surface area contributed by atoms with Gasteiger partial charge in [0, 0.05) is 17.8 Å². The second-order valence-electron chi connectivity index (χ2n) is 3.66. The van der Waals surface area contributed by atoms with Crippen LogP contribution >= 0.6 is 0 Å². The Morgan fingerprint density at radius 1 is 1.44 bits per heavy atom. The number of hydrogen-bond donors (Lipinski definition) is 2. The maximum atomic E-state index is 10.7. The summed E-state index contributed by atoms with van der Waals surface area (Å²) in [6, 6.07) is 6.73. The van der Waals surface area contributed by atoms with E-state index in [1.165, 1.54) is 0 Å². The van der Waals surface area contributed by atoms with Crippen LogP contribution in [0, 0.1) is 0 Å². The minimum atomic E-state index is -0.981. The Balaban J connectivity index is 2.41. The van der Waals surface area contributed by atoms with Crippen LogP contribution in [0.2, 0.25) is 0 Å². The number of nitrogens with zero attached hydrogens (tertiary/aromatic N) is 1. The van der Waals surface area contributed by atoms with E-state index in [9.17, 15) is 4.79 Å². The summed E-state index contributed by atoms with van der Waals surface area (Å²) in [5.41, 5.74) is 6.46. The second-order valence-corrected chi connectivity index (χ2v) is 3.66. The average molecular weight is 216 g/mol. The van der Waals surface area contributed by atoms with Gasteiger partial charge in [-0.1, -0.05) is 18.2 Å². The molecule has 1 atom stereocenters. The molecule has 4 nitrogen and oxygen atoms in total. The van der Waals surface area contributed by atoms with Crippen LogP contribution in [0.4, 0.5) is 0 Å². The number of carboxylic acid groups (broad SMARTS) is 1. The van der Waals surface area contributed by atoms with Crippen molar-refractivity contribution in [2.24, 2.45) is 5.73 Å². The standard InChI is InChI=1S/C12H12N2O2/c13-11(12(15)16)6-8-2-1-3-9-7-14-5-4-10(8)9/h1-5,7,11H,6,13H2,(H,15,16). The van der Waals surface area contributed by atoms with Crippen molar-refractivity contribution in [1.29, 1.82) is 0 Å². The molecule has 1 aromatic heterocycles. The normalized spacial score (nSPS) is 12.6. The summed E-state index contributed by atoms with van der Waals surface area (Å²) in [5, 5.41) is 10.8. The molecule has 0 spiro atoms. The van der Waals surface area contributed by atoms with Gasteiger partial charge in [0.05, 0.1) is 0 Å². The molecule has 0 saturated heterocycles. The lowest BCUT2D eigenvalue weighted by Crippen LogP contribution is -2.32. The molecule has 2 rings (SSSR count). The van der Waals surface area contributed by atoms with E-state index in [1.807, 2.05) is 24.3 Å². The molecular weight excluding hydrogens is 204 g/mol. The molecule has 0 aliphatic carbocycles. The number of rotatable bonds is 3. The number of nitrogens with two attached hydrogens (primary N) is 1. The maximum absolute atomic E-state index is 10.7. The zero-order chi connectivity index (χ0) is 11.5. The smallest absolute Gasteiger partial charge is 0.320 e. The molecule has 1 unspecified atom stereocenters. The average Bonchev–Trinajstić information content (AvgIpc) is 2.29. The van der Waals surface area contributed by atoms with E-state index >= 15 is 0 Å². The van der Waals surface area contributed by atoms with Crippen LogP contribution < -0.4 is 5.73 Å². The van der Waals surface area contributed by atoms with Gasteiger partial charge in [0.25, 0.3) is 0 Å². The summed E-state index contributed by atoms with van der Waals surface area (Å²) in [6.45, 7) is 0. The van der Waals surface area contributed by atoms with Gasteiger partial charge >= 0.3 is 5.97 Å². The third-order valence-corrected chi connectivity index (χ3v) is 2.53. The van der Waals surface area contributed by atoms with E-state index in [2.05, 4.69) is 4.98 Å². The van der Waals surface area contributed by atoms with Crippen LogP contribution in [0.1, 0.15) is 5.56 Å². The number of fused-ring (bicyclic) bond motifs is 1. The lowest BCUT2D eigenvalue weighted by atomic mass is 10.0. The third-order valence-electron chi connectivity index (χ3n) is 2.53. The minimum absolute atomic E-state index is 0.330. The molecule has 0 saturated carbocycles. The number of hydrogen-bond acceptors (Lipinski definition) is 3. The summed E-state index contributed by atoms with van der Waals surface area (Å²) in [5.74, 6) is -0.981. The zero-order valence-electron chi connectivity index (χ0n) is 8.63. The third kappa shape index (κ3) is 2.01. The van der Waals surface area contributed by atoms with Gasteiger partial charge in [0.15, 0.2) is 0 Å². The quantitative estimate of drug-likeness (QED) is 0.808.